The zero-order valence-corrected chi connectivity index (χ0v) is 17.4. The zero-order valence-electron chi connectivity index (χ0n) is 17.4. The van der Waals surface area contributed by atoms with Gasteiger partial charge in [-0.25, -0.2) is 0 Å². The first-order valence-electron chi connectivity index (χ1n) is 10.1. The molecule has 8 heteroatoms. The third-order valence-electron chi connectivity index (χ3n) is 5.11. The van der Waals surface area contributed by atoms with Crippen molar-refractivity contribution in [2.45, 2.75) is 20.4 Å². The third-order valence-corrected chi connectivity index (χ3v) is 5.11. The van der Waals surface area contributed by atoms with Crippen molar-refractivity contribution in [3.05, 3.63) is 63.6 Å². The maximum Gasteiger partial charge on any atom is 0.274 e. The lowest BCUT2D eigenvalue weighted by Crippen LogP contribution is -2.42. The van der Waals surface area contributed by atoms with Crippen LogP contribution < -0.4 is 16.2 Å². The average Bonchev–Trinajstić information content (AvgIpc) is 2.74. The minimum Gasteiger partial charge on any atom is -0.379 e. The number of carbonyl (C=O) groups is 2. The number of morpholine rings is 1. The van der Waals surface area contributed by atoms with Gasteiger partial charge in [-0.1, -0.05) is 17.7 Å². The van der Waals surface area contributed by atoms with E-state index >= 15 is 0 Å². The summed E-state index contributed by atoms with van der Waals surface area (Å²) in [6.07, 6.45) is 0. The quantitative estimate of drug-likeness (QED) is 0.712. The number of benzene rings is 1. The Kier molecular flexibility index (Phi) is 7.37. The summed E-state index contributed by atoms with van der Waals surface area (Å²) < 4.78 is 6.68. The van der Waals surface area contributed by atoms with E-state index in [4.69, 9.17) is 4.74 Å². The maximum absolute atomic E-state index is 12.8. The smallest absolute Gasteiger partial charge is 0.274 e. The van der Waals surface area contributed by atoms with Crippen LogP contribution in [-0.4, -0.2) is 60.7 Å². The molecule has 1 aliphatic rings. The second-order valence-electron chi connectivity index (χ2n) is 7.40. The Morgan fingerprint density at radius 1 is 1.03 bits per heavy atom. The SMILES string of the molecule is Cc1ccc(C(=O)Nc2ccc(C)n(CC(=O)NCCN3CCOCC3)c2=O)cc1. The summed E-state index contributed by atoms with van der Waals surface area (Å²) >= 11 is 0. The first-order chi connectivity index (χ1) is 14.4. The van der Waals surface area contributed by atoms with Crippen molar-refractivity contribution in [2.75, 3.05) is 44.7 Å². The van der Waals surface area contributed by atoms with Gasteiger partial charge in [0.05, 0.1) is 13.2 Å². The van der Waals surface area contributed by atoms with Crippen molar-refractivity contribution in [3.63, 3.8) is 0 Å². The predicted molar refractivity (Wildman–Crippen MR) is 115 cm³/mol. The van der Waals surface area contributed by atoms with Crippen molar-refractivity contribution in [1.29, 1.82) is 0 Å². The van der Waals surface area contributed by atoms with Gasteiger partial charge in [-0.15, -0.1) is 0 Å². The van der Waals surface area contributed by atoms with Gasteiger partial charge in [0.25, 0.3) is 11.5 Å². The Labute approximate surface area is 175 Å². The molecule has 1 aliphatic heterocycles. The summed E-state index contributed by atoms with van der Waals surface area (Å²) in [5.74, 6) is -0.604. The number of amides is 2. The van der Waals surface area contributed by atoms with Crippen molar-refractivity contribution >= 4 is 17.5 Å². The summed E-state index contributed by atoms with van der Waals surface area (Å²) in [4.78, 5) is 39.8. The van der Waals surface area contributed by atoms with Gasteiger partial charge < -0.3 is 19.9 Å². The minimum absolute atomic E-state index is 0.0952. The Hall–Kier alpha value is -2.97. The molecule has 1 aromatic carbocycles. The van der Waals surface area contributed by atoms with E-state index in [-0.39, 0.29) is 24.0 Å². The van der Waals surface area contributed by atoms with Crippen LogP contribution in [0.25, 0.3) is 0 Å². The summed E-state index contributed by atoms with van der Waals surface area (Å²) in [6.45, 7) is 8.00. The fraction of sp³-hybridized carbons (Fsp3) is 0.409. The van der Waals surface area contributed by atoms with Gasteiger partial charge in [-0.3, -0.25) is 19.3 Å². The van der Waals surface area contributed by atoms with E-state index in [0.717, 1.165) is 25.2 Å². The van der Waals surface area contributed by atoms with E-state index < -0.39 is 5.56 Å². The lowest BCUT2D eigenvalue weighted by molar-refractivity contribution is -0.121. The van der Waals surface area contributed by atoms with Crippen molar-refractivity contribution in [2.24, 2.45) is 0 Å². The molecule has 160 valence electrons. The number of hydrogen-bond acceptors (Lipinski definition) is 5. The number of rotatable bonds is 7. The number of hydrogen-bond donors (Lipinski definition) is 2. The van der Waals surface area contributed by atoms with Gasteiger partial charge in [0.15, 0.2) is 0 Å². The highest BCUT2D eigenvalue weighted by Crippen LogP contribution is 2.08. The maximum atomic E-state index is 12.8. The number of ether oxygens (including phenoxy) is 1. The molecule has 2 amide bonds. The van der Waals surface area contributed by atoms with Crippen LogP contribution in [0.5, 0.6) is 0 Å². The summed E-state index contributed by atoms with van der Waals surface area (Å²) in [5.41, 5.74) is 1.90. The molecule has 8 nitrogen and oxygen atoms in total. The fourth-order valence-corrected chi connectivity index (χ4v) is 3.24. The summed E-state index contributed by atoms with van der Waals surface area (Å²) in [6, 6.07) is 10.4. The van der Waals surface area contributed by atoms with Gasteiger partial charge in [0.1, 0.15) is 12.2 Å². The van der Waals surface area contributed by atoms with Crippen LogP contribution in [0.1, 0.15) is 21.6 Å². The number of carbonyl (C=O) groups excluding carboxylic acids is 2. The molecule has 1 aromatic heterocycles. The van der Waals surface area contributed by atoms with Crippen molar-refractivity contribution in [3.8, 4) is 0 Å². The monoisotopic (exact) mass is 412 g/mol. The first kappa shape index (κ1) is 21.7. The zero-order chi connectivity index (χ0) is 21.5. The van der Waals surface area contributed by atoms with E-state index in [0.29, 0.717) is 31.0 Å². The van der Waals surface area contributed by atoms with E-state index in [9.17, 15) is 14.4 Å². The van der Waals surface area contributed by atoms with Gasteiger partial charge in [0, 0.05) is 37.4 Å². The van der Waals surface area contributed by atoms with Gasteiger partial charge in [0.2, 0.25) is 5.91 Å². The second-order valence-corrected chi connectivity index (χ2v) is 7.40. The van der Waals surface area contributed by atoms with Gasteiger partial charge >= 0.3 is 0 Å². The Balaban J connectivity index is 1.60. The average molecular weight is 412 g/mol. The number of nitrogens with zero attached hydrogens (tertiary/aromatic N) is 2. The van der Waals surface area contributed by atoms with Crippen LogP contribution >= 0.6 is 0 Å². The molecule has 1 fully saturated rings. The fourth-order valence-electron chi connectivity index (χ4n) is 3.24. The molecular weight excluding hydrogens is 384 g/mol. The number of nitrogens with one attached hydrogen (secondary N) is 2. The van der Waals surface area contributed by atoms with E-state index in [1.165, 1.54) is 4.57 Å². The topological polar surface area (TPSA) is 92.7 Å². The highest BCUT2D eigenvalue weighted by molar-refractivity contribution is 6.04. The molecule has 2 N–H and O–H groups in total. The molecule has 0 radical (unpaired) electrons. The van der Waals surface area contributed by atoms with E-state index in [2.05, 4.69) is 15.5 Å². The molecule has 0 atom stereocenters. The van der Waals surface area contributed by atoms with Crippen LogP contribution in [-0.2, 0) is 16.1 Å². The minimum atomic E-state index is -0.404. The highest BCUT2D eigenvalue weighted by Gasteiger charge is 2.14. The molecule has 2 aromatic rings. The normalized spacial score (nSPS) is 14.3. The largest absolute Gasteiger partial charge is 0.379 e. The molecular formula is C22H28N4O4. The second kappa shape index (κ2) is 10.2. The Bertz CT molecular complexity index is 947. The van der Waals surface area contributed by atoms with E-state index in [1.807, 2.05) is 19.1 Å². The van der Waals surface area contributed by atoms with Crippen molar-refractivity contribution in [1.82, 2.24) is 14.8 Å². The Morgan fingerprint density at radius 2 is 1.73 bits per heavy atom. The molecule has 0 unspecified atom stereocenters. The van der Waals surface area contributed by atoms with E-state index in [1.54, 1.807) is 31.2 Å². The lowest BCUT2D eigenvalue weighted by atomic mass is 10.1. The molecule has 3 rings (SSSR count). The molecule has 0 aliphatic carbocycles. The summed E-state index contributed by atoms with van der Waals surface area (Å²) in [5, 5.41) is 5.51. The van der Waals surface area contributed by atoms with Gasteiger partial charge in [-0.2, -0.15) is 0 Å². The number of aryl methyl sites for hydroxylation is 2. The predicted octanol–water partition coefficient (Wildman–Crippen LogP) is 1.17. The highest BCUT2D eigenvalue weighted by atomic mass is 16.5. The number of aromatic nitrogens is 1. The van der Waals surface area contributed by atoms with Crippen LogP contribution in [0.3, 0.4) is 0 Å². The standard InChI is InChI=1S/C22H28N4O4/c1-16-3-6-18(7-4-16)21(28)24-19-8-5-17(2)26(22(19)29)15-20(27)23-9-10-25-11-13-30-14-12-25/h3-8H,9-15H2,1-2H3,(H,23,27)(H,24,28). The Morgan fingerprint density at radius 3 is 2.43 bits per heavy atom. The molecule has 30 heavy (non-hydrogen) atoms. The molecule has 0 spiro atoms. The lowest BCUT2D eigenvalue weighted by Gasteiger charge is -2.26. The van der Waals surface area contributed by atoms with Gasteiger partial charge in [-0.05, 0) is 38.1 Å². The van der Waals surface area contributed by atoms with Crippen molar-refractivity contribution < 1.29 is 14.3 Å². The number of pyridine rings is 1. The van der Waals surface area contributed by atoms with Crippen LogP contribution in [0.2, 0.25) is 0 Å². The van der Waals surface area contributed by atoms with Crippen LogP contribution in [0, 0.1) is 13.8 Å². The summed E-state index contributed by atoms with van der Waals surface area (Å²) in [7, 11) is 0. The molecule has 1 saturated heterocycles. The number of anilines is 1. The molecule has 2 heterocycles. The first-order valence-corrected chi connectivity index (χ1v) is 10.1. The molecule has 0 bridgehead atoms. The van der Waals surface area contributed by atoms with Crippen LogP contribution in [0.4, 0.5) is 5.69 Å². The van der Waals surface area contributed by atoms with Crippen LogP contribution in [0.15, 0.2) is 41.2 Å². The molecule has 0 saturated carbocycles. The third kappa shape index (κ3) is 5.77.